The van der Waals surface area contributed by atoms with Crippen molar-refractivity contribution in [3.05, 3.63) is 77.1 Å². The third-order valence-electron chi connectivity index (χ3n) is 3.83. The number of hydrogen-bond donors (Lipinski definition) is 2. The number of alkyl halides is 3. The van der Waals surface area contributed by atoms with Crippen LogP contribution in [0.15, 0.2) is 54.6 Å². The number of carbonyl (C=O) groups excluding carboxylic acids is 1. The van der Waals surface area contributed by atoms with Crippen LogP contribution in [0.2, 0.25) is 0 Å². The van der Waals surface area contributed by atoms with E-state index in [9.17, 15) is 18.0 Å². The zero-order chi connectivity index (χ0) is 20.3. The van der Waals surface area contributed by atoms with Crippen molar-refractivity contribution in [2.45, 2.75) is 20.0 Å². The van der Waals surface area contributed by atoms with Crippen molar-refractivity contribution >= 4 is 23.2 Å². The number of aromatic nitrogens is 2. The van der Waals surface area contributed by atoms with Gasteiger partial charge < -0.3 is 10.6 Å². The summed E-state index contributed by atoms with van der Waals surface area (Å²) in [7, 11) is 0. The molecule has 0 aliphatic rings. The summed E-state index contributed by atoms with van der Waals surface area (Å²) in [4.78, 5) is 20.9. The van der Waals surface area contributed by atoms with Crippen molar-refractivity contribution in [2.75, 3.05) is 10.6 Å². The topological polar surface area (TPSA) is 66.9 Å². The van der Waals surface area contributed by atoms with Crippen molar-refractivity contribution in [2.24, 2.45) is 0 Å². The molecule has 1 amide bonds. The second-order valence-corrected chi connectivity index (χ2v) is 6.21. The minimum absolute atomic E-state index is 0.0747. The Morgan fingerprint density at radius 3 is 2.14 bits per heavy atom. The van der Waals surface area contributed by atoms with Crippen molar-refractivity contribution in [3.63, 3.8) is 0 Å². The van der Waals surface area contributed by atoms with Gasteiger partial charge in [0, 0.05) is 28.3 Å². The Kier molecular flexibility index (Phi) is 5.30. The number of anilines is 3. The molecular weight excluding hydrogens is 369 g/mol. The SMILES string of the molecule is Cc1cc(C)nc(Nc2ccc(C(=O)Nc3cccc(C(F)(F)F)c3)cc2)n1. The first-order valence-electron chi connectivity index (χ1n) is 8.39. The molecule has 8 heteroatoms. The molecule has 0 spiro atoms. The number of aryl methyl sites for hydroxylation is 2. The van der Waals surface area contributed by atoms with E-state index in [-0.39, 0.29) is 5.69 Å². The molecule has 0 aliphatic carbocycles. The highest BCUT2D eigenvalue weighted by atomic mass is 19.4. The summed E-state index contributed by atoms with van der Waals surface area (Å²) in [6.45, 7) is 3.72. The predicted octanol–water partition coefficient (Wildman–Crippen LogP) is 5.11. The largest absolute Gasteiger partial charge is 0.416 e. The molecule has 144 valence electrons. The number of amides is 1. The molecular formula is C20H17F3N4O. The van der Waals surface area contributed by atoms with Crippen molar-refractivity contribution < 1.29 is 18.0 Å². The number of hydrogen-bond acceptors (Lipinski definition) is 4. The van der Waals surface area contributed by atoms with Crippen LogP contribution in [-0.4, -0.2) is 15.9 Å². The van der Waals surface area contributed by atoms with E-state index >= 15 is 0 Å². The first kappa shape index (κ1) is 19.3. The second-order valence-electron chi connectivity index (χ2n) is 6.21. The Balaban J connectivity index is 1.70. The van der Waals surface area contributed by atoms with Crippen LogP contribution in [0, 0.1) is 13.8 Å². The molecule has 0 aliphatic heterocycles. The summed E-state index contributed by atoms with van der Waals surface area (Å²) in [6, 6.07) is 12.8. The van der Waals surface area contributed by atoms with Gasteiger partial charge in [-0.25, -0.2) is 9.97 Å². The maximum atomic E-state index is 12.8. The van der Waals surface area contributed by atoms with Crippen LogP contribution in [0.4, 0.5) is 30.5 Å². The Morgan fingerprint density at radius 2 is 1.54 bits per heavy atom. The lowest BCUT2D eigenvalue weighted by atomic mass is 10.1. The molecule has 0 bridgehead atoms. The van der Waals surface area contributed by atoms with Crippen molar-refractivity contribution in [3.8, 4) is 0 Å². The van der Waals surface area contributed by atoms with Gasteiger partial charge in [-0.15, -0.1) is 0 Å². The van der Waals surface area contributed by atoms with Gasteiger partial charge in [-0.1, -0.05) is 6.07 Å². The number of nitrogens with zero attached hydrogens (tertiary/aromatic N) is 2. The Bertz CT molecular complexity index is 981. The van der Waals surface area contributed by atoms with Gasteiger partial charge in [0.05, 0.1) is 5.56 Å². The smallest absolute Gasteiger partial charge is 0.324 e. The molecule has 0 fully saturated rings. The fraction of sp³-hybridized carbons (Fsp3) is 0.150. The van der Waals surface area contributed by atoms with Gasteiger partial charge in [0.1, 0.15) is 0 Å². The van der Waals surface area contributed by atoms with Crippen LogP contribution in [0.25, 0.3) is 0 Å². The van der Waals surface area contributed by atoms with E-state index in [2.05, 4.69) is 20.6 Å². The molecule has 2 aromatic carbocycles. The van der Waals surface area contributed by atoms with E-state index in [4.69, 9.17) is 0 Å². The van der Waals surface area contributed by atoms with Crippen molar-refractivity contribution in [1.29, 1.82) is 0 Å². The van der Waals surface area contributed by atoms with Gasteiger partial charge >= 0.3 is 6.18 Å². The highest BCUT2D eigenvalue weighted by Gasteiger charge is 2.30. The van der Waals surface area contributed by atoms with Crippen LogP contribution < -0.4 is 10.6 Å². The van der Waals surface area contributed by atoms with Gasteiger partial charge in [0.2, 0.25) is 5.95 Å². The van der Waals surface area contributed by atoms with Gasteiger partial charge in [-0.3, -0.25) is 4.79 Å². The standard InChI is InChI=1S/C20H17F3N4O/c1-12-10-13(2)25-19(24-12)27-16-8-6-14(7-9-16)18(28)26-17-5-3-4-15(11-17)20(21,22)23/h3-11H,1-2H3,(H,26,28)(H,24,25,27). The minimum atomic E-state index is -4.47. The number of rotatable bonds is 4. The Hall–Kier alpha value is -3.42. The monoisotopic (exact) mass is 386 g/mol. The maximum Gasteiger partial charge on any atom is 0.416 e. The normalized spacial score (nSPS) is 11.2. The lowest BCUT2D eigenvalue weighted by Crippen LogP contribution is -2.13. The third-order valence-corrected chi connectivity index (χ3v) is 3.83. The number of benzene rings is 2. The average molecular weight is 386 g/mol. The predicted molar refractivity (Wildman–Crippen MR) is 101 cm³/mol. The van der Waals surface area contributed by atoms with E-state index in [0.717, 1.165) is 23.5 Å². The molecule has 1 aromatic heterocycles. The molecule has 0 unspecified atom stereocenters. The van der Waals surface area contributed by atoms with Crippen LogP contribution in [-0.2, 0) is 6.18 Å². The lowest BCUT2D eigenvalue weighted by Gasteiger charge is -2.10. The van der Waals surface area contributed by atoms with Crippen LogP contribution in [0.3, 0.4) is 0 Å². The fourth-order valence-corrected chi connectivity index (χ4v) is 2.59. The zero-order valence-electron chi connectivity index (χ0n) is 15.1. The maximum absolute atomic E-state index is 12.8. The first-order chi connectivity index (χ1) is 13.2. The summed E-state index contributed by atoms with van der Waals surface area (Å²) < 4.78 is 38.3. The van der Waals surface area contributed by atoms with Crippen LogP contribution >= 0.6 is 0 Å². The van der Waals surface area contributed by atoms with E-state index in [1.54, 1.807) is 24.3 Å². The molecule has 0 saturated heterocycles. The third kappa shape index (κ3) is 4.85. The van der Waals surface area contributed by atoms with E-state index in [0.29, 0.717) is 17.2 Å². The minimum Gasteiger partial charge on any atom is -0.324 e. The molecule has 5 nitrogen and oxygen atoms in total. The molecule has 0 atom stereocenters. The second kappa shape index (κ2) is 7.67. The van der Waals surface area contributed by atoms with E-state index in [1.807, 2.05) is 19.9 Å². The van der Waals surface area contributed by atoms with Crippen LogP contribution in [0.5, 0.6) is 0 Å². The molecule has 0 saturated carbocycles. The summed E-state index contributed by atoms with van der Waals surface area (Å²) in [5, 5.41) is 5.52. The van der Waals surface area contributed by atoms with Crippen LogP contribution in [0.1, 0.15) is 27.3 Å². The molecule has 2 N–H and O–H groups in total. The number of carbonyl (C=O) groups is 1. The Morgan fingerprint density at radius 1 is 0.893 bits per heavy atom. The molecule has 28 heavy (non-hydrogen) atoms. The lowest BCUT2D eigenvalue weighted by molar-refractivity contribution is -0.137. The highest BCUT2D eigenvalue weighted by Crippen LogP contribution is 2.30. The van der Waals surface area contributed by atoms with Gasteiger partial charge in [-0.05, 0) is 62.4 Å². The van der Waals surface area contributed by atoms with E-state index in [1.165, 1.54) is 12.1 Å². The average Bonchev–Trinajstić information content (AvgIpc) is 2.61. The molecule has 1 heterocycles. The van der Waals surface area contributed by atoms with E-state index < -0.39 is 17.6 Å². The number of nitrogens with one attached hydrogen (secondary N) is 2. The fourth-order valence-electron chi connectivity index (χ4n) is 2.59. The van der Waals surface area contributed by atoms with Crippen molar-refractivity contribution in [1.82, 2.24) is 9.97 Å². The highest BCUT2D eigenvalue weighted by molar-refractivity contribution is 6.04. The van der Waals surface area contributed by atoms with Gasteiger partial charge in [-0.2, -0.15) is 13.2 Å². The van der Waals surface area contributed by atoms with Gasteiger partial charge in [0.25, 0.3) is 5.91 Å². The number of halogens is 3. The quantitative estimate of drug-likeness (QED) is 0.654. The Labute approximate surface area is 159 Å². The summed E-state index contributed by atoms with van der Waals surface area (Å²) >= 11 is 0. The zero-order valence-corrected chi connectivity index (χ0v) is 15.1. The summed E-state index contributed by atoms with van der Waals surface area (Å²) in [6.07, 6.45) is -4.47. The molecule has 0 radical (unpaired) electrons. The summed E-state index contributed by atoms with van der Waals surface area (Å²) in [5.41, 5.74) is 1.90. The molecule has 3 rings (SSSR count). The first-order valence-corrected chi connectivity index (χ1v) is 8.39. The van der Waals surface area contributed by atoms with Gasteiger partial charge in [0.15, 0.2) is 0 Å². The molecule has 3 aromatic rings. The summed E-state index contributed by atoms with van der Waals surface area (Å²) in [5.74, 6) is -0.0628.